The Labute approximate surface area is 126 Å². The fourth-order valence-corrected chi connectivity index (χ4v) is 2.42. The number of methoxy groups -OCH3 is 1. The number of aliphatic hydroxyl groups excluding tert-OH is 2. The van der Waals surface area contributed by atoms with Crippen molar-refractivity contribution in [3.05, 3.63) is 71.8 Å². The summed E-state index contributed by atoms with van der Waals surface area (Å²) in [6.07, 6.45) is -1.04. The van der Waals surface area contributed by atoms with Crippen molar-refractivity contribution in [2.75, 3.05) is 13.7 Å². The summed E-state index contributed by atoms with van der Waals surface area (Å²) in [5.41, 5.74) is 0.563. The lowest BCUT2D eigenvalue weighted by Gasteiger charge is -2.37. The average molecular weight is 288 g/mol. The van der Waals surface area contributed by atoms with Gasteiger partial charge in [-0.25, -0.2) is 0 Å². The zero-order valence-corrected chi connectivity index (χ0v) is 12.9. The lowest BCUT2D eigenvalue weighted by molar-refractivity contribution is -0.0976. The molecule has 0 bridgehead atoms. The van der Waals surface area contributed by atoms with E-state index in [4.69, 9.17) is 4.74 Å². The third-order valence-corrected chi connectivity index (χ3v) is 3.37. The SMILES string of the molecule is CC.COC(c1ccccc1)(c1ccccc1)C(O)CO. The summed E-state index contributed by atoms with van der Waals surface area (Å²) >= 11 is 0. The molecule has 3 heteroatoms. The largest absolute Gasteiger partial charge is 0.394 e. The van der Waals surface area contributed by atoms with Crippen LogP contribution in [0.3, 0.4) is 0 Å². The summed E-state index contributed by atoms with van der Waals surface area (Å²) in [5, 5.41) is 19.7. The Morgan fingerprint density at radius 3 is 1.57 bits per heavy atom. The van der Waals surface area contributed by atoms with E-state index in [0.717, 1.165) is 11.1 Å². The van der Waals surface area contributed by atoms with E-state index >= 15 is 0 Å². The number of aliphatic hydroxyl groups is 2. The van der Waals surface area contributed by atoms with E-state index in [2.05, 4.69) is 0 Å². The van der Waals surface area contributed by atoms with Crippen molar-refractivity contribution in [1.82, 2.24) is 0 Å². The quantitative estimate of drug-likeness (QED) is 0.889. The summed E-state index contributed by atoms with van der Waals surface area (Å²) < 4.78 is 5.65. The van der Waals surface area contributed by atoms with Gasteiger partial charge in [0.2, 0.25) is 0 Å². The summed E-state index contributed by atoms with van der Waals surface area (Å²) in [4.78, 5) is 0. The van der Waals surface area contributed by atoms with Gasteiger partial charge in [0.25, 0.3) is 0 Å². The first-order valence-corrected chi connectivity index (χ1v) is 7.21. The van der Waals surface area contributed by atoms with Crippen LogP contribution in [-0.2, 0) is 10.3 Å². The van der Waals surface area contributed by atoms with Crippen LogP contribution in [0.1, 0.15) is 25.0 Å². The molecule has 3 nitrogen and oxygen atoms in total. The molecule has 0 saturated carbocycles. The number of hydrogen-bond donors (Lipinski definition) is 2. The third kappa shape index (κ3) is 3.50. The van der Waals surface area contributed by atoms with E-state index in [0.29, 0.717) is 0 Å². The Morgan fingerprint density at radius 1 is 0.905 bits per heavy atom. The van der Waals surface area contributed by atoms with Crippen LogP contribution in [0.2, 0.25) is 0 Å². The molecule has 0 fully saturated rings. The molecular weight excluding hydrogens is 264 g/mol. The standard InChI is InChI=1S/C16H18O3.C2H6/c1-19-16(15(18)12-17,13-8-4-2-5-9-13)14-10-6-3-7-11-14;1-2/h2-11,15,17-18H,12H2,1H3;1-2H3. The lowest BCUT2D eigenvalue weighted by Crippen LogP contribution is -2.44. The zero-order chi connectivity index (χ0) is 15.7. The van der Waals surface area contributed by atoms with Crippen LogP contribution in [0.4, 0.5) is 0 Å². The highest BCUT2D eigenvalue weighted by Gasteiger charge is 2.41. The van der Waals surface area contributed by atoms with Crippen LogP contribution in [0.25, 0.3) is 0 Å². The highest BCUT2D eigenvalue weighted by molar-refractivity contribution is 5.38. The Bertz CT molecular complexity index is 457. The number of benzene rings is 2. The monoisotopic (exact) mass is 288 g/mol. The van der Waals surface area contributed by atoms with E-state index < -0.39 is 11.7 Å². The third-order valence-electron chi connectivity index (χ3n) is 3.37. The predicted octanol–water partition coefficient (Wildman–Crippen LogP) is 2.96. The molecule has 0 aromatic heterocycles. The van der Waals surface area contributed by atoms with Crippen molar-refractivity contribution >= 4 is 0 Å². The minimum atomic E-state index is -1.06. The fourth-order valence-electron chi connectivity index (χ4n) is 2.42. The molecule has 1 atom stereocenters. The van der Waals surface area contributed by atoms with Gasteiger partial charge < -0.3 is 14.9 Å². The molecule has 0 amide bonds. The highest BCUT2D eigenvalue weighted by atomic mass is 16.5. The van der Waals surface area contributed by atoms with Gasteiger partial charge in [0.1, 0.15) is 11.7 Å². The van der Waals surface area contributed by atoms with Crippen LogP contribution in [0.5, 0.6) is 0 Å². The predicted molar refractivity (Wildman–Crippen MR) is 85.1 cm³/mol. The molecule has 2 aromatic carbocycles. The van der Waals surface area contributed by atoms with Crippen LogP contribution < -0.4 is 0 Å². The van der Waals surface area contributed by atoms with Crippen molar-refractivity contribution in [3.8, 4) is 0 Å². The molecule has 21 heavy (non-hydrogen) atoms. The maximum Gasteiger partial charge on any atom is 0.146 e. The van der Waals surface area contributed by atoms with Gasteiger partial charge in [-0.3, -0.25) is 0 Å². The first-order valence-electron chi connectivity index (χ1n) is 7.21. The molecule has 0 aliphatic heterocycles. The van der Waals surface area contributed by atoms with Gasteiger partial charge in [0.05, 0.1) is 6.61 Å². The van der Waals surface area contributed by atoms with Gasteiger partial charge in [-0.1, -0.05) is 74.5 Å². The molecule has 0 spiro atoms. The zero-order valence-electron chi connectivity index (χ0n) is 12.9. The Morgan fingerprint density at radius 2 is 1.29 bits per heavy atom. The minimum Gasteiger partial charge on any atom is -0.394 e. The van der Waals surface area contributed by atoms with Crippen LogP contribution in [0, 0.1) is 0 Å². The topological polar surface area (TPSA) is 49.7 Å². The van der Waals surface area contributed by atoms with Crippen LogP contribution in [0.15, 0.2) is 60.7 Å². The van der Waals surface area contributed by atoms with Gasteiger partial charge in [-0.15, -0.1) is 0 Å². The summed E-state index contributed by atoms with van der Waals surface area (Å²) in [7, 11) is 1.54. The average Bonchev–Trinajstić information content (AvgIpc) is 2.59. The van der Waals surface area contributed by atoms with Gasteiger partial charge in [-0.2, -0.15) is 0 Å². The van der Waals surface area contributed by atoms with E-state index in [1.165, 1.54) is 0 Å². The first kappa shape index (κ1) is 17.4. The number of hydrogen-bond acceptors (Lipinski definition) is 3. The molecule has 0 aliphatic rings. The molecule has 2 aromatic rings. The number of rotatable bonds is 5. The van der Waals surface area contributed by atoms with Gasteiger partial charge >= 0.3 is 0 Å². The van der Waals surface area contributed by atoms with E-state index in [9.17, 15) is 10.2 Å². The lowest BCUT2D eigenvalue weighted by atomic mass is 9.81. The molecule has 0 heterocycles. The van der Waals surface area contributed by atoms with Crippen molar-refractivity contribution in [2.45, 2.75) is 25.6 Å². The summed E-state index contributed by atoms with van der Waals surface area (Å²) in [5.74, 6) is 0. The molecular formula is C18H24O3. The Hall–Kier alpha value is -1.68. The molecule has 0 radical (unpaired) electrons. The molecule has 0 saturated heterocycles. The van der Waals surface area contributed by atoms with Crippen molar-refractivity contribution < 1.29 is 14.9 Å². The summed E-state index contributed by atoms with van der Waals surface area (Å²) in [6, 6.07) is 18.9. The molecule has 2 rings (SSSR count). The second-order valence-electron chi connectivity index (χ2n) is 4.37. The highest BCUT2D eigenvalue weighted by Crippen LogP contribution is 2.36. The Balaban J connectivity index is 0.00000106. The maximum absolute atomic E-state index is 10.3. The van der Waals surface area contributed by atoms with Gasteiger partial charge in [0, 0.05) is 7.11 Å². The second kappa shape index (κ2) is 8.57. The second-order valence-corrected chi connectivity index (χ2v) is 4.37. The van der Waals surface area contributed by atoms with Crippen molar-refractivity contribution in [2.24, 2.45) is 0 Å². The van der Waals surface area contributed by atoms with Crippen molar-refractivity contribution in [3.63, 3.8) is 0 Å². The molecule has 0 aliphatic carbocycles. The smallest absolute Gasteiger partial charge is 0.146 e. The maximum atomic E-state index is 10.3. The fraction of sp³-hybridized carbons (Fsp3) is 0.333. The van der Waals surface area contributed by atoms with Crippen LogP contribution in [-0.4, -0.2) is 30.0 Å². The van der Waals surface area contributed by atoms with Crippen molar-refractivity contribution in [1.29, 1.82) is 0 Å². The van der Waals surface area contributed by atoms with E-state index in [1.54, 1.807) is 7.11 Å². The Kier molecular flexibility index (Phi) is 7.09. The van der Waals surface area contributed by atoms with Crippen LogP contribution >= 0.6 is 0 Å². The normalized spacial score (nSPS) is 12.2. The van der Waals surface area contributed by atoms with E-state index in [1.807, 2.05) is 74.5 Å². The molecule has 1 unspecified atom stereocenters. The summed E-state index contributed by atoms with van der Waals surface area (Å²) in [6.45, 7) is 3.62. The van der Waals surface area contributed by atoms with E-state index in [-0.39, 0.29) is 6.61 Å². The minimum absolute atomic E-state index is 0.377. The van der Waals surface area contributed by atoms with Gasteiger partial charge in [-0.05, 0) is 11.1 Å². The van der Waals surface area contributed by atoms with Gasteiger partial charge in [0.15, 0.2) is 0 Å². The number of ether oxygens (including phenoxy) is 1. The first-order chi connectivity index (χ1) is 10.3. The molecule has 114 valence electrons. The molecule has 2 N–H and O–H groups in total.